The lowest BCUT2D eigenvalue weighted by molar-refractivity contribution is -0.115. The van der Waals surface area contributed by atoms with Crippen molar-refractivity contribution >= 4 is 17.6 Å². The molecule has 0 heterocycles. The summed E-state index contributed by atoms with van der Waals surface area (Å²) in [5, 5.41) is 7.89. The number of carbonyl (C=O) groups is 2. The Hall–Kier alpha value is -2.04. The van der Waals surface area contributed by atoms with Gasteiger partial charge in [-0.2, -0.15) is 0 Å². The summed E-state index contributed by atoms with van der Waals surface area (Å²) in [6, 6.07) is 7.40. The third-order valence-corrected chi connectivity index (χ3v) is 2.69. The molecule has 110 valence electrons. The van der Waals surface area contributed by atoms with E-state index in [1.54, 1.807) is 0 Å². The molecule has 0 aliphatic rings. The largest absolute Gasteiger partial charge is 0.336 e. The molecule has 1 aromatic carbocycles. The van der Waals surface area contributed by atoms with Gasteiger partial charge in [-0.15, -0.1) is 0 Å². The summed E-state index contributed by atoms with van der Waals surface area (Å²) in [6.07, 6.45) is 0. The lowest BCUT2D eigenvalue weighted by Gasteiger charge is -2.11. The molecule has 5 heteroatoms. The standard InChI is InChI=1S/C15H23N3O2/c1-10(2)12-5-7-13(8-6-12)18-14(19)9-16-15(20)17-11(3)4/h5-8,10-11H,9H2,1-4H3,(H,18,19)(H2,16,17,20). The molecule has 0 saturated heterocycles. The van der Waals surface area contributed by atoms with Crippen LogP contribution in [0.2, 0.25) is 0 Å². The zero-order valence-corrected chi connectivity index (χ0v) is 12.5. The first-order valence-electron chi connectivity index (χ1n) is 6.82. The number of benzene rings is 1. The molecule has 0 fully saturated rings. The van der Waals surface area contributed by atoms with Crippen LogP contribution in [0.1, 0.15) is 39.2 Å². The Labute approximate surface area is 120 Å². The molecule has 3 amide bonds. The molecule has 0 aromatic heterocycles. The predicted octanol–water partition coefficient (Wildman–Crippen LogP) is 2.46. The van der Waals surface area contributed by atoms with Gasteiger partial charge >= 0.3 is 6.03 Å². The van der Waals surface area contributed by atoms with E-state index in [1.165, 1.54) is 5.56 Å². The van der Waals surface area contributed by atoms with Gasteiger partial charge in [-0.3, -0.25) is 4.79 Å². The van der Waals surface area contributed by atoms with E-state index in [4.69, 9.17) is 0 Å². The van der Waals surface area contributed by atoms with E-state index in [0.29, 0.717) is 5.92 Å². The van der Waals surface area contributed by atoms with Gasteiger partial charge in [0.25, 0.3) is 0 Å². The highest BCUT2D eigenvalue weighted by Gasteiger charge is 2.06. The quantitative estimate of drug-likeness (QED) is 0.773. The maximum atomic E-state index is 11.7. The molecule has 0 bridgehead atoms. The van der Waals surface area contributed by atoms with Gasteiger partial charge in [0.05, 0.1) is 6.54 Å². The average Bonchev–Trinajstić information content (AvgIpc) is 2.36. The SMILES string of the molecule is CC(C)NC(=O)NCC(=O)Nc1ccc(C(C)C)cc1. The fourth-order valence-electron chi connectivity index (χ4n) is 1.63. The fraction of sp³-hybridized carbons (Fsp3) is 0.467. The van der Waals surface area contributed by atoms with Gasteiger partial charge in [0.15, 0.2) is 0 Å². The van der Waals surface area contributed by atoms with Gasteiger partial charge < -0.3 is 16.0 Å². The Bertz CT molecular complexity index is 453. The number of hydrogen-bond donors (Lipinski definition) is 3. The molecule has 0 saturated carbocycles. The van der Waals surface area contributed by atoms with Crippen LogP contribution in [0.5, 0.6) is 0 Å². The van der Waals surface area contributed by atoms with Crippen molar-refractivity contribution in [3.8, 4) is 0 Å². The summed E-state index contributed by atoms with van der Waals surface area (Å²) < 4.78 is 0. The average molecular weight is 277 g/mol. The van der Waals surface area contributed by atoms with Gasteiger partial charge in [-0.05, 0) is 37.5 Å². The number of amides is 3. The first kappa shape index (κ1) is 16.0. The highest BCUT2D eigenvalue weighted by Crippen LogP contribution is 2.16. The Kier molecular flexibility index (Phi) is 6.03. The Morgan fingerprint density at radius 3 is 2.15 bits per heavy atom. The second-order valence-electron chi connectivity index (χ2n) is 5.31. The Balaban J connectivity index is 2.40. The van der Waals surface area contributed by atoms with Gasteiger partial charge in [0, 0.05) is 11.7 Å². The van der Waals surface area contributed by atoms with Crippen LogP contribution in [-0.4, -0.2) is 24.5 Å². The van der Waals surface area contributed by atoms with E-state index in [9.17, 15) is 9.59 Å². The molecule has 1 rings (SSSR count). The zero-order chi connectivity index (χ0) is 15.1. The molecular weight excluding hydrogens is 254 g/mol. The zero-order valence-electron chi connectivity index (χ0n) is 12.5. The third kappa shape index (κ3) is 5.73. The lowest BCUT2D eigenvalue weighted by atomic mass is 10.0. The summed E-state index contributed by atoms with van der Waals surface area (Å²) in [7, 11) is 0. The number of nitrogens with one attached hydrogen (secondary N) is 3. The smallest absolute Gasteiger partial charge is 0.315 e. The van der Waals surface area contributed by atoms with Crippen molar-refractivity contribution in [2.75, 3.05) is 11.9 Å². The number of urea groups is 1. The molecule has 0 aliphatic heterocycles. The summed E-state index contributed by atoms with van der Waals surface area (Å²) in [6.45, 7) is 7.89. The van der Waals surface area contributed by atoms with Gasteiger partial charge in [0.1, 0.15) is 0 Å². The summed E-state index contributed by atoms with van der Waals surface area (Å²) in [5.41, 5.74) is 1.95. The van der Waals surface area contributed by atoms with E-state index in [0.717, 1.165) is 5.69 Å². The van der Waals surface area contributed by atoms with Crippen molar-refractivity contribution in [2.24, 2.45) is 0 Å². The van der Waals surface area contributed by atoms with E-state index in [1.807, 2.05) is 38.1 Å². The number of hydrogen-bond acceptors (Lipinski definition) is 2. The molecule has 3 N–H and O–H groups in total. The highest BCUT2D eigenvalue weighted by molar-refractivity contribution is 5.94. The number of carbonyl (C=O) groups excluding carboxylic acids is 2. The second kappa shape index (κ2) is 7.53. The van der Waals surface area contributed by atoms with Crippen molar-refractivity contribution in [1.29, 1.82) is 0 Å². The molecule has 1 aromatic rings. The molecule has 0 atom stereocenters. The monoisotopic (exact) mass is 277 g/mol. The van der Waals surface area contributed by atoms with Crippen LogP contribution in [0, 0.1) is 0 Å². The van der Waals surface area contributed by atoms with Crippen LogP contribution < -0.4 is 16.0 Å². The molecule has 0 unspecified atom stereocenters. The first-order chi connectivity index (χ1) is 9.38. The summed E-state index contributed by atoms with van der Waals surface area (Å²) >= 11 is 0. The minimum Gasteiger partial charge on any atom is -0.336 e. The molecule has 0 radical (unpaired) electrons. The van der Waals surface area contributed by atoms with E-state index >= 15 is 0 Å². The van der Waals surface area contributed by atoms with Crippen molar-refractivity contribution < 1.29 is 9.59 Å². The van der Waals surface area contributed by atoms with Crippen LogP contribution in [0.15, 0.2) is 24.3 Å². The van der Waals surface area contributed by atoms with Crippen molar-refractivity contribution in [1.82, 2.24) is 10.6 Å². The van der Waals surface area contributed by atoms with E-state index in [-0.39, 0.29) is 24.5 Å². The predicted molar refractivity (Wildman–Crippen MR) is 80.8 cm³/mol. The van der Waals surface area contributed by atoms with Crippen molar-refractivity contribution in [2.45, 2.75) is 39.7 Å². The van der Waals surface area contributed by atoms with Crippen LogP contribution >= 0.6 is 0 Å². The molecule has 5 nitrogen and oxygen atoms in total. The Morgan fingerprint density at radius 1 is 1.05 bits per heavy atom. The van der Waals surface area contributed by atoms with Gasteiger partial charge in [-0.25, -0.2) is 4.79 Å². The Morgan fingerprint density at radius 2 is 1.65 bits per heavy atom. The van der Waals surface area contributed by atoms with Crippen LogP contribution in [0.25, 0.3) is 0 Å². The van der Waals surface area contributed by atoms with E-state index < -0.39 is 0 Å². The fourth-order valence-corrected chi connectivity index (χ4v) is 1.63. The minimum atomic E-state index is -0.342. The second-order valence-corrected chi connectivity index (χ2v) is 5.31. The van der Waals surface area contributed by atoms with Gasteiger partial charge in [-0.1, -0.05) is 26.0 Å². The molecule has 0 aliphatic carbocycles. The minimum absolute atomic E-state index is 0.0432. The lowest BCUT2D eigenvalue weighted by Crippen LogP contribution is -2.42. The van der Waals surface area contributed by atoms with Gasteiger partial charge in [0.2, 0.25) is 5.91 Å². The molecule has 0 spiro atoms. The van der Waals surface area contributed by atoms with Crippen LogP contribution in [-0.2, 0) is 4.79 Å². The maximum absolute atomic E-state index is 11.7. The number of anilines is 1. The first-order valence-corrected chi connectivity index (χ1v) is 6.82. The normalized spacial score (nSPS) is 10.5. The number of rotatable bonds is 5. The maximum Gasteiger partial charge on any atom is 0.315 e. The van der Waals surface area contributed by atoms with E-state index in [2.05, 4.69) is 29.8 Å². The highest BCUT2D eigenvalue weighted by atomic mass is 16.2. The van der Waals surface area contributed by atoms with Crippen LogP contribution in [0.4, 0.5) is 10.5 Å². The topological polar surface area (TPSA) is 70.2 Å². The molecule has 20 heavy (non-hydrogen) atoms. The van der Waals surface area contributed by atoms with Crippen molar-refractivity contribution in [3.05, 3.63) is 29.8 Å². The van der Waals surface area contributed by atoms with Crippen molar-refractivity contribution in [3.63, 3.8) is 0 Å². The third-order valence-electron chi connectivity index (χ3n) is 2.69. The summed E-state index contributed by atoms with van der Waals surface area (Å²) in [4.78, 5) is 23.0. The van der Waals surface area contributed by atoms with Crippen LogP contribution in [0.3, 0.4) is 0 Å². The summed E-state index contributed by atoms with van der Waals surface area (Å²) in [5.74, 6) is 0.211. The molecular formula is C15H23N3O2.